The second kappa shape index (κ2) is 6.18. The highest BCUT2D eigenvalue weighted by molar-refractivity contribution is 6.30. The number of nitrogens with zero attached hydrogens (tertiary/aromatic N) is 3. The van der Waals surface area contributed by atoms with Gasteiger partial charge in [-0.2, -0.15) is 5.10 Å². The minimum atomic E-state index is -0.0953. The first kappa shape index (κ1) is 17.2. The number of ketones is 1. The molecule has 0 radical (unpaired) electrons. The number of ether oxygens (including phenoxy) is 1. The highest BCUT2D eigenvalue weighted by atomic mass is 35.5. The fraction of sp³-hybridized carbons (Fsp3) is 0.350. The first-order valence-corrected chi connectivity index (χ1v) is 8.95. The topological polar surface area (TPSA) is 56.5 Å². The maximum atomic E-state index is 12.6. The van der Waals surface area contributed by atoms with Gasteiger partial charge in [-0.3, -0.25) is 4.79 Å². The van der Waals surface area contributed by atoms with E-state index < -0.39 is 0 Å². The van der Waals surface area contributed by atoms with Crippen molar-refractivity contribution in [3.05, 3.63) is 52.4 Å². The summed E-state index contributed by atoms with van der Waals surface area (Å²) in [5.41, 5.74) is 4.83. The zero-order chi connectivity index (χ0) is 18.5. The summed E-state index contributed by atoms with van der Waals surface area (Å²) in [5.74, 6) is 0.124. The minimum absolute atomic E-state index is 0.0953. The molecule has 134 valence electrons. The van der Waals surface area contributed by atoms with Crippen LogP contribution >= 0.6 is 11.6 Å². The average molecular weight is 370 g/mol. The second-order valence-corrected chi connectivity index (χ2v) is 8.00. The Balaban J connectivity index is 2.01. The molecule has 5 nitrogen and oxygen atoms in total. The number of hydrogen-bond acceptors (Lipinski definition) is 4. The van der Waals surface area contributed by atoms with Gasteiger partial charge in [-0.1, -0.05) is 37.6 Å². The molecule has 3 aromatic rings. The molecule has 2 heterocycles. The minimum Gasteiger partial charge on any atom is -0.378 e. The number of carbonyl (C=O) groups is 1. The molecule has 1 aliphatic rings. The quantitative estimate of drug-likeness (QED) is 0.688. The molecule has 0 saturated heterocycles. The van der Waals surface area contributed by atoms with Gasteiger partial charge in [0.2, 0.25) is 0 Å². The lowest BCUT2D eigenvalue weighted by molar-refractivity contribution is 0.0908. The third kappa shape index (κ3) is 2.81. The number of fused-ring (bicyclic) bond motifs is 3. The summed E-state index contributed by atoms with van der Waals surface area (Å²) < 4.78 is 7.17. The van der Waals surface area contributed by atoms with Gasteiger partial charge in [-0.25, -0.2) is 9.50 Å². The molecular formula is C20H20ClN3O2. The summed E-state index contributed by atoms with van der Waals surface area (Å²) in [4.78, 5) is 17.1. The zero-order valence-electron chi connectivity index (χ0n) is 15.0. The Labute approximate surface area is 157 Å². The fourth-order valence-electron chi connectivity index (χ4n) is 3.70. The van der Waals surface area contributed by atoms with Crippen LogP contribution in [0.3, 0.4) is 0 Å². The molecule has 0 spiro atoms. The van der Waals surface area contributed by atoms with Crippen LogP contribution in [0.5, 0.6) is 0 Å². The Morgan fingerprint density at radius 1 is 1.31 bits per heavy atom. The molecule has 0 amide bonds. The predicted octanol–water partition coefficient (Wildman–Crippen LogP) is 4.35. The summed E-state index contributed by atoms with van der Waals surface area (Å²) in [7, 11) is 1.64. The Bertz CT molecular complexity index is 1020. The molecule has 4 rings (SSSR count). The van der Waals surface area contributed by atoms with Crippen molar-refractivity contribution in [3.8, 4) is 11.1 Å². The van der Waals surface area contributed by atoms with Gasteiger partial charge >= 0.3 is 0 Å². The number of rotatable bonds is 3. The van der Waals surface area contributed by atoms with Crippen LogP contribution in [-0.4, -0.2) is 27.5 Å². The van der Waals surface area contributed by atoms with E-state index >= 15 is 0 Å². The molecule has 0 unspecified atom stereocenters. The highest BCUT2D eigenvalue weighted by Crippen LogP contribution is 2.37. The maximum Gasteiger partial charge on any atom is 0.166 e. The molecule has 0 fully saturated rings. The molecule has 1 aliphatic carbocycles. The van der Waals surface area contributed by atoms with E-state index in [0.29, 0.717) is 23.6 Å². The molecule has 0 atom stereocenters. The molecule has 2 aromatic heterocycles. The van der Waals surface area contributed by atoms with E-state index in [1.165, 1.54) is 0 Å². The predicted molar refractivity (Wildman–Crippen MR) is 101 cm³/mol. The lowest BCUT2D eigenvalue weighted by atomic mass is 9.76. The number of halogens is 1. The Morgan fingerprint density at radius 3 is 2.85 bits per heavy atom. The van der Waals surface area contributed by atoms with Crippen molar-refractivity contribution in [1.29, 1.82) is 0 Å². The van der Waals surface area contributed by atoms with Crippen molar-refractivity contribution in [2.75, 3.05) is 7.11 Å². The van der Waals surface area contributed by atoms with Crippen molar-refractivity contribution >= 4 is 23.0 Å². The summed E-state index contributed by atoms with van der Waals surface area (Å²) in [5, 5.41) is 5.41. The first-order chi connectivity index (χ1) is 12.4. The van der Waals surface area contributed by atoms with Gasteiger partial charge in [0.15, 0.2) is 11.4 Å². The lowest BCUT2D eigenvalue weighted by Gasteiger charge is -2.29. The monoisotopic (exact) mass is 369 g/mol. The summed E-state index contributed by atoms with van der Waals surface area (Å²) in [6, 6.07) is 7.62. The Morgan fingerprint density at radius 2 is 2.12 bits per heavy atom. The summed E-state index contributed by atoms with van der Waals surface area (Å²) in [6.45, 7) is 4.58. The van der Waals surface area contributed by atoms with E-state index in [9.17, 15) is 4.79 Å². The van der Waals surface area contributed by atoms with Crippen LogP contribution in [-0.2, 0) is 17.8 Å². The van der Waals surface area contributed by atoms with E-state index in [4.69, 9.17) is 21.4 Å². The number of benzene rings is 1. The van der Waals surface area contributed by atoms with Gasteiger partial charge in [-0.15, -0.1) is 0 Å². The van der Waals surface area contributed by atoms with Crippen LogP contribution < -0.4 is 0 Å². The standard InChI is InChI=1S/C20H20ClN3O2/c1-20(2)8-16-14(17(25)9-20)10-22-19-18(12-5-4-6-13(21)7-12)15(11-26-3)23-24(16)19/h4-7,10H,8-9,11H2,1-3H3. The SMILES string of the molecule is COCc1nn2c3c(cnc2c1-c1cccc(Cl)c1)C(=O)CC(C)(C)C3. The normalized spacial score (nSPS) is 16.1. The highest BCUT2D eigenvalue weighted by Gasteiger charge is 2.34. The van der Waals surface area contributed by atoms with Gasteiger partial charge in [0.05, 0.1) is 29.1 Å². The number of hydrogen-bond donors (Lipinski definition) is 0. The third-order valence-corrected chi connectivity index (χ3v) is 5.03. The van der Waals surface area contributed by atoms with Gasteiger partial charge in [0.25, 0.3) is 0 Å². The molecule has 0 N–H and O–H groups in total. The Kier molecular flexibility index (Phi) is 4.09. The smallest absolute Gasteiger partial charge is 0.166 e. The van der Waals surface area contributed by atoms with E-state index in [2.05, 4.69) is 18.8 Å². The van der Waals surface area contributed by atoms with Crippen LogP contribution in [0.2, 0.25) is 5.02 Å². The molecule has 1 aromatic carbocycles. The molecule has 0 saturated carbocycles. The lowest BCUT2D eigenvalue weighted by Crippen LogP contribution is -2.29. The number of methoxy groups -OCH3 is 1. The van der Waals surface area contributed by atoms with E-state index in [1.54, 1.807) is 13.3 Å². The molecule has 0 bridgehead atoms. The summed E-state index contributed by atoms with van der Waals surface area (Å²) >= 11 is 6.19. The van der Waals surface area contributed by atoms with Crippen molar-refractivity contribution < 1.29 is 9.53 Å². The largest absolute Gasteiger partial charge is 0.378 e. The average Bonchev–Trinajstić information content (AvgIpc) is 2.93. The number of carbonyl (C=O) groups excluding carboxylic acids is 1. The molecule has 26 heavy (non-hydrogen) atoms. The van der Waals surface area contributed by atoms with Crippen LogP contribution in [0, 0.1) is 5.41 Å². The van der Waals surface area contributed by atoms with Crippen molar-refractivity contribution in [2.24, 2.45) is 5.41 Å². The summed E-state index contributed by atoms with van der Waals surface area (Å²) in [6.07, 6.45) is 2.99. The number of Topliss-reactive ketones (excluding diaryl/α,β-unsaturated/α-hetero) is 1. The third-order valence-electron chi connectivity index (χ3n) is 4.80. The zero-order valence-corrected chi connectivity index (χ0v) is 15.8. The molecular weight excluding hydrogens is 350 g/mol. The van der Waals surface area contributed by atoms with Crippen LogP contribution in [0.15, 0.2) is 30.5 Å². The second-order valence-electron chi connectivity index (χ2n) is 7.56. The van der Waals surface area contributed by atoms with E-state index in [0.717, 1.165) is 34.6 Å². The van der Waals surface area contributed by atoms with E-state index in [1.807, 2.05) is 28.8 Å². The van der Waals surface area contributed by atoms with Crippen molar-refractivity contribution in [1.82, 2.24) is 14.6 Å². The number of aromatic nitrogens is 3. The van der Waals surface area contributed by atoms with Crippen LogP contribution in [0.25, 0.3) is 16.8 Å². The maximum absolute atomic E-state index is 12.6. The van der Waals surface area contributed by atoms with Crippen molar-refractivity contribution in [2.45, 2.75) is 33.3 Å². The first-order valence-electron chi connectivity index (χ1n) is 8.57. The van der Waals surface area contributed by atoms with E-state index in [-0.39, 0.29) is 11.2 Å². The van der Waals surface area contributed by atoms with Gasteiger partial charge in [-0.05, 0) is 29.5 Å². The van der Waals surface area contributed by atoms with Crippen molar-refractivity contribution in [3.63, 3.8) is 0 Å². The van der Waals surface area contributed by atoms with Gasteiger partial charge in [0.1, 0.15) is 0 Å². The molecule has 0 aliphatic heterocycles. The van der Waals surface area contributed by atoms with Gasteiger partial charge < -0.3 is 4.74 Å². The fourth-order valence-corrected chi connectivity index (χ4v) is 3.89. The van der Waals surface area contributed by atoms with Crippen LogP contribution in [0.1, 0.15) is 42.0 Å². The molecule has 6 heteroatoms. The van der Waals surface area contributed by atoms with Crippen LogP contribution in [0.4, 0.5) is 0 Å². The Hall–Kier alpha value is -2.24. The van der Waals surface area contributed by atoms with Gasteiger partial charge in [0, 0.05) is 24.8 Å².